The van der Waals surface area contributed by atoms with Crippen molar-refractivity contribution < 1.29 is 0 Å². The van der Waals surface area contributed by atoms with Crippen LogP contribution < -0.4 is 4.90 Å². The van der Waals surface area contributed by atoms with Gasteiger partial charge in [-0.2, -0.15) is 0 Å². The summed E-state index contributed by atoms with van der Waals surface area (Å²) in [5.41, 5.74) is 20.3. The molecule has 6 aliphatic carbocycles. The number of anilines is 3. The number of rotatable bonds is 5. The summed E-state index contributed by atoms with van der Waals surface area (Å²) in [4.78, 5) is 2.56. The van der Waals surface area contributed by atoms with E-state index >= 15 is 0 Å². The lowest BCUT2D eigenvalue weighted by Gasteiger charge is -2.61. The maximum atomic E-state index is 2.58. The van der Waals surface area contributed by atoms with Crippen LogP contribution in [0.5, 0.6) is 0 Å². The van der Waals surface area contributed by atoms with Crippen molar-refractivity contribution >= 4 is 17.1 Å². The Morgan fingerprint density at radius 3 is 1.68 bits per heavy atom. The van der Waals surface area contributed by atoms with E-state index in [0.29, 0.717) is 0 Å². The fraction of sp³-hybridized carbons (Fsp3) is 0.236. The van der Waals surface area contributed by atoms with Crippen molar-refractivity contribution in [2.45, 2.75) is 56.8 Å². The molecule has 7 aromatic carbocycles. The number of fused-ring (bicyclic) bond motifs is 6. The molecule has 0 unspecified atom stereocenters. The van der Waals surface area contributed by atoms with E-state index in [9.17, 15) is 0 Å². The van der Waals surface area contributed by atoms with Gasteiger partial charge in [-0.25, -0.2) is 0 Å². The zero-order valence-corrected chi connectivity index (χ0v) is 32.4. The molecule has 1 spiro atoms. The standard InChI is InChI=1S/C55H47N/c1-54(2)49-19-11-9-18-45(49)46-24-22-43(34-52(46)54)56(53-20-12-10-17-44(53)38-15-7-4-8-16-38)42-23-26-51-48(33-42)47-32-39(37-13-5-3-6-14-37)21-25-50(47)55(51)40-28-35-27-36(30-40)31-41(55)29-35/h3-26,32-36,40-41H,27-31H2,1-2H3. The van der Waals surface area contributed by atoms with E-state index in [-0.39, 0.29) is 10.8 Å². The Bertz CT molecular complexity index is 2660. The van der Waals surface area contributed by atoms with E-state index in [1.807, 2.05) is 0 Å². The summed E-state index contributed by atoms with van der Waals surface area (Å²) in [6.45, 7) is 4.79. The lowest BCUT2D eigenvalue weighted by atomic mass is 9.43. The van der Waals surface area contributed by atoms with Crippen molar-refractivity contribution in [2.24, 2.45) is 23.7 Å². The molecule has 56 heavy (non-hydrogen) atoms. The van der Waals surface area contributed by atoms with Crippen molar-refractivity contribution in [1.29, 1.82) is 0 Å². The van der Waals surface area contributed by atoms with Gasteiger partial charge in [0.1, 0.15) is 0 Å². The van der Waals surface area contributed by atoms with Gasteiger partial charge in [0.2, 0.25) is 0 Å². The molecular formula is C55H47N. The van der Waals surface area contributed by atoms with Crippen LogP contribution in [0, 0.1) is 23.7 Å². The number of hydrogen-bond acceptors (Lipinski definition) is 1. The third-order valence-electron chi connectivity index (χ3n) is 15.1. The molecule has 13 rings (SSSR count). The van der Waals surface area contributed by atoms with Crippen LogP contribution in [0.3, 0.4) is 0 Å². The summed E-state index contributed by atoms with van der Waals surface area (Å²) >= 11 is 0. The average molecular weight is 722 g/mol. The molecule has 4 saturated carbocycles. The van der Waals surface area contributed by atoms with E-state index < -0.39 is 0 Å². The number of para-hydroxylation sites is 1. The molecule has 0 saturated heterocycles. The fourth-order valence-corrected chi connectivity index (χ4v) is 12.9. The maximum Gasteiger partial charge on any atom is 0.0540 e. The maximum absolute atomic E-state index is 2.58. The number of hydrogen-bond donors (Lipinski definition) is 0. The third kappa shape index (κ3) is 4.49. The summed E-state index contributed by atoms with van der Waals surface area (Å²) in [6, 6.07) is 62.4. The molecule has 0 aliphatic heterocycles. The van der Waals surface area contributed by atoms with Gasteiger partial charge in [0, 0.05) is 27.8 Å². The highest BCUT2D eigenvalue weighted by Crippen LogP contribution is 2.70. The van der Waals surface area contributed by atoms with Crippen LogP contribution in [0.1, 0.15) is 68.2 Å². The molecule has 4 fully saturated rings. The molecule has 4 bridgehead atoms. The highest BCUT2D eigenvalue weighted by molar-refractivity contribution is 5.94. The molecule has 6 aliphatic rings. The van der Waals surface area contributed by atoms with Crippen LogP contribution in [0.2, 0.25) is 0 Å². The Kier molecular flexibility index (Phi) is 6.93. The molecular weight excluding hydrogens is 675 g/mol. The van der Waals surface area contributed by atoms with Gasteiger partial charge in [-0.3, -0.25) is 0 Å². The molecule has 0 radical (unpaired) electrons. The molecule has 1 nitrogen and oxygen atoms in total. The van der Waals surface area contributed by atoms with Gasteiger partial charge in [-0.1, -0.05) is 141 Å². The number of benzene rings is 7. The molecule has 272 valence electrons. The minimum atomic E-state index is -0.0941. The van der Waals surface area contributed by atoms with Crippen LogP contribution >= 0.6 is 0 Å². The molecule has 0 atom stereocenters. The van der Waals surface area contributed by atoms with Gasteiger partial charge in [0.15, 0.2) is 0 Å². The molecule has 1 heteroatoms. The number of nitrogens with zero attached hydrogens (tertiary/aromatic N) is 1. The van der Waals surface area contributed by atoms with E-state index in [0.717, 1.165) is 23.7 Å². The Labute approximate surface area is 331 Å². The highest BCUT2D eigenvalue weighted by Gasteiger charge is 2.61. The molecule has 7 aromatic rings. The molecule has 0 heterocycles. The van der Waals surface area contributed by atoms with Gasteiger partial charge in [0.05, 0.1) is 5.69 Å². The smallest absolute Gasteiger partial charge is 0.0540 e. The van der Waals surface area contributed by atoms with Gasteiger partial charge < -0.3 is 4.90 Å². The van der Waals surface area contributed by atoms with Crippen LogP contribution in [-0.2, 0) is 10.8 Å². The van der Waals surface area contributed by atoms with E-state index in [1.54, 1.807) is 11.1 Å². The topological polar surface area (TPSA) is 3.24 Å². The van der Waals surface area contributed by atoms with Crippen LogP contribution in [0.25, 0.3) is 44.5 Å². The summed E-state index contributed by atoms with van der Waals surface area (Å²) in [7, 11) is 0. The summed E-state index contributed by atoms with van der Waals surface area (Å²) in [5.74, 6) is 3.28. The minimum absolute atomic E-state index is 0.0941. The Hall–Kier alpha value is -5.66. The monoisotopic (exact) mass is 721 g/mol. The summed E-state index contributed by atoms with van der Waals surface area (Å²) in [6.07, 6.45) is 7.01. The van der Waals surface area contributed by atoms with Crippen LogP contribution in [-0.4, -0.2) is 0 Å². The van der Waals surface area contributed by atoms with Crippen LogP contribution in [0.4, 0.5) is 17.1 Å². The van der Waals surface area contributed by atoms with Crippen molar-refractivity contribution in [1.82, 2.24) is 0 Å². The summed E-state index contributed by atoms with van der Waals surface area (Å²) < 4.78 is 0. The first-order chi connectivity index (χ1) is 27.5. The zero-order valence-electron chi connectivity index (χ0n) is 32.4. The van der Waals surface area contributed by atoms with E-state index in [4.69, 9.17) is 0 Å². The van der Waals surface area contributed by atoms with Gasteiger partial charge >= 0.3 is 0 Å². The second-order valence-electron chi connectivity index (χ2n) is 18.1. The van der Waals surface area contributed by atoms with Crippen molar-refractivity contribution in [3.8, 4) is 44.5 Å². The summed E-state index contributed by atoms with van der Waals surface area (Å²) in [5, 5.41) is 0. The zero-order chi connectivity index (χ0) is 37.2. The second-order valence-corrected chi connectivity index (χ2v) is 18.1. The third-order valence-corrected chi connectivity index (χ3v) is 15.1. The first kappa shape index (κ1) is 32.6. The first-order valence-corrected chi connectivity index (χ1v) is 21.0. The quantitative estimate of drug-likeness (QED) is 0.171. The van der Waals surface area contributed by atoms with Gasteiger partial charge in [-0.15, -0.1) is 0 Å². The minimum Gasteiger partial charge on any atom is -0.310 e. The van der Waals surface area contributed by atoms with Gasteiger partial charge in [0.25, 0.3) is 0 Å². The normalized spacial score (nSPS) is 24.1. The Morgan fingerprint density at radius 1 is 0.393 bits per heavy atom. The molecule has 0 N–H and O–H groups in total. The predicted molar refractivity (Wildman–Crippen MR) is 233 cm³/mol. The SMILES string of the molecule is CC1(C)c2ccccc2-c2ccc(N(c3ccc4c(c3)-c3cc(-c5ccccc5)ccc3C43C4CC5CC(C4)CC3C5)c3ccccc3-c3ccccc3)cc21. The predicted octanol–water partition coefficient (Wildman–Crippen LogP) is 14.5. The lowest BCUT2D eigenvalue weighted by molar-refractivity contribution is -0.0399. The highest BCUT2D eigenvalue weighted by atomic mass is 15.1. The van der Waals surface area contributed by atoms with Gasteiger partial charge in [-0.05, 0) is 153 Å². The Morgan fingerprint density at radius 2 is 0.946 bits per heavy atom. The Balaban J connectivity index is 1.09. The van der Waals surface area contributed by atoms with E-state index in [2.05, 4.69) is 183 Å². The fourth-order valence-electron chi connectivity index (χ4n) is 12.9. The largest absolute Gasteiger partial charge is 0.310 e. The van der Waals surface area contributed by atoms with Crippen molar-refractivity contribution in [3.63, 3.8) is 0 Å². The lowest BCUT2D eigenvalue weighted by Crippen LogP contribution is -2.55. The van der Waals surface area contributed by atoms with Crippen molar-refractivity contribution in [3.05, 3.63) is 186 Å². The second kappa shape index (κ2) is 11.9. The van der Waals surface area contributed by atoms with Crippen molar-refractivity contribution in [2.75, 3.05) is 4.90 Å². The average Bonchev–Trinajstić information content (AvgIpc) is 3.65. The first-order valence-electron chi connectivity index (χ1n) is 21.0. The molecule has 0 aromatic heterocycles. The van der Waals surface area contributed by atoms with Crippen LogP contribution in [0.15, 0.2) is 164 Å². The van der Waals surface area contributed by atoms with E-state index in [1.165, 1.54) is 105 Å². The molecule has 0 amide bonds.